The number of esters is 1. The number of nitrogens with two attached hydrogens (primary N) is 1. The minimum Gasteiger partial charge on any atom is -0.465 e. The van der Waals surface area contributed by atoms with Crippen molar-refractivity contribution in [3.05, 3.63) is 59.2 Å². The Morgan fingerprint density at radius 3 is 2.71 bits per heavy atom. The van der Waals surface area contributed by atoms with Gasteiger partial charge >= 0.3 is 5.97 Å². The lowest BCUT2D eigenvalue weighted by Gasteiger charge is -2.19. The summed E-state index contributed by atoms with van der Waals surface area (Å²) in [6, 6.07) is 13.6. The number of hydrogen-bond acceptors (Lipinski definition) is 4. The number of fused-ring (bicyclic) bond motifs is 1. The zero-order valence-electron chi connectivity index (χ0n) is 12.0. The average Bonchev–Trinajstić information content (AvgIpc) is 2.92. The molecule has 108 valence electrons. The molecule has 0 aliphatic carbocycles. The van der Waals surface area contributed by atoms with E-state index in [4.69, 9.17) is 10.5 Å². The van der Waals surface area contributed by atoms with E-state index in [2.05, 4.69) is 11.0 Å². The summed E-state index contributed by atoms with van der Waals surface area (Å²) >= 11 is 0. The standard InChI is InChI=1S/C17H18N2O2/c1-21-17(20)13-7-5-12(6-8-13)11-19-10-9-14-15(18)3-2-4-16(14)19/h2-8H,9-11,18H2,1H3. The minimum absolute atomic E-state index is 0.305. The molecule has 0 aromatic heterocycles. The Morgan fingerprint density at radius 2 is 2.00 bits per heavy atom. The van der Waals surface area contributed by atoms with E-state index in [1.807, 2.05) is 24.3 Å². The van der Waals surface area contributed by atoms with Crippen LogP contribution < -0.4 is 10.6 Å². The summed E-state index contributed by atoms with van der Waals surface area (Å²) in [5.41, 5.74) is 11.1. The van der Waals surface area contributed by atoms with Gasteiger partial charge in [-0.3, -0.25) is 0 Å². The van der Waals surface area contributed by atoms with Crippen LogP contribution in [0, 0.1) is 0 Å². The van der Waals surface area contributed by atoms with Crippen molar-refractivity contribution in [1.82, 2.24) is 0 Å². The number of carbonyl (C=O) groups is 1. The van der Waals surface area contributed by atoms with Gasteiger partial charge in [-0.05, 0) is 36.2 Å². The van der Waals surface area contributed by atoms with Crippen molar-refractivity contribution in [2.45, 2.75) is 13.0 Å². The molecule has 0 atom stereocenters. The number of rotatable bonds is 3. The van der Waals surface area contributed by atoms with Gasteiger partial charge in [-0.1, -0.05) is 18.2 Å². The third kappa shape index (κ3) is 2.57. The molecule has 0 amide bonds. The Bertz CT molecular complexity index is 665. The molecule has 4 heteroatoms. The molecule has 1 aliphatic rings. The van der Waals surface area contributed by atoms with Crippen LogP contribution in [0.5, 0.6) is 0 Å². The van der Waals surface area contributed by atoms with Gasteiger partial charge in [0.25, 0.3) is 0 Å². The lowest BCUT2D eigenvalue weighted by atomic mass is 10.1. The summed E-state index contributed by atoms with van der Waals surface area (Å²) in [6.45, 7) is 1.79. The van der Waals surface area contributed by atoms with E-state index in [0.29, 0.717) is 5.56 Å². The molecule has 2 aromatic rings. The zero-order chi connectivity index (χ0) is 14.8. The Hall–Kier alpha value is -2.49. The molecule has 0 saturated carbocycles. The number of nitrogens with zero attached hydrogens (tertiary/aromatic N) is 1. The second-order valence-corrected chi connectivity index (χ2v) is 5.20. The monoisotopic (exact) mass is 282 g/mol. The minimum atomic E-state index is -0.305. The number of carbonyl (C=O) groups excluding carboxylic acids is 1. The zero-order valence-corrected chi connectivity index (χ0v) is 12.0. The molecule has 1 heterocycles. The van der Waals surface area contributed by atoms with E-state index >= 15 is 0 Å². The van der Waals surface area contributed by atoms with Crippen LogP contribution in [0.1, 0.15) is 21.5 Å². The van der Waals surface area contributed by atoms with E-state index < -0.39 is 0 Å². The molecule has 0 radical (unpaired) electrons. The van der Waals surface area contributed by atoms with Crippen LogP contribution in [0.4, 0.5) is 11.4 Å². The molecule has 2 N–H and O–H groups in total. The lowest BCUT2D eigenvalue weighted by molar-refractivity contribution is 0.0600. The van der Waals surface area contributed by atoms with Gasteiger partial charge in [-0.15, -0.1) is 0 Å². The van der Waals surface area contributed by atoms with Gasteiger partial charge in [-0.25, -0.2) is 4.79 Å². The molecule has 21 heavy (non-hydrogen) atoms. The van der Waals surface area contributed by atoms with Crippen LogP contribution in [0.15, 0.2) is 42.5 Å². The van der Waals surface area contributed by atoms with Gasteiger partial charge in [0.2, 0.25) is 0 Å². The Balaban J connectivity index is 1.77. The summed E-state index contributed by atoms with van der Waals surface area (Å²) in [5, 5.41) is 0. The fourth-order valence-electron chi connectivity index (χ4n) is 2.78. The van der Waals surface area contributed by atoms with Crippen molar-refractivity contribution in [3.63, 3.8) is 0 Å². The SMILES string of the molecule is COC(=O)c1ccc(CN2CCc3c(N)cccc32)cc1. The molecule has 3 rings (SSSR count). The maximum Gasteiger partial charge on any atom is 0.337 e. The first-order valence-corrected chi connectivity index (χ1v) is 6.98. The van der Waals surface area contributed by atoms with Crippen molar-refractivity contribution in [3.8, 4) is 0 Å². The number of ether oxygens (including phenoxy) is 1. The number of methoxy groups -OCH3 is 1. The third-order valence-electron chi connectivity index (χ3n) is 3.91. The van der Waals surface area contributed by atoms with Crippen LogP contribution in [0.3, 0.4) is 0 Å². The maximum atomic E-state index is 11.4. The number of benzene rings is 2. The predicted molar refractivity (Wildman–Crippen MR) is 83.4 cm³/mol. The van der Waals surface area contributed by atoms with Crippen molar-refractivity contribution in [1.29, 1.82) is 0 Å². The highest BCUT2D eigenvalue weighted by atomic mass is 16.5. The fourth-order valence-corrected chi connectivity index (χ4v) is 2.78. The summed E-state index contributed by atoms with van der Waals surface area (Å²) in [7, 11) is 1.39. The van der Waals surface area contributed by atoms with E-state index in [9.17, 15) is 4.79 Å². The van der Waals surface area contributed by atoms with Crippen LogP contribution in [-0.2, 0) is 17.7 Å². The van der Waals surface area contributed by atoms with Crippen molar-refractivity contribution >= 4 is 17.3 Å². The Labute approximate surface area is 124 Å². The predicted octanol–water partition coefficient (Wildman–Crippen LogP) is 2.62. The quantitative estimate of drug-likeness (QED) is 0.694. The first-order chi connectivity index (χ1) is 10.2. The van der Waals surface area contributed by atoms with Crippen molar-refractivity contribution < 1.29 is 9.53 Å². The highest BCUT2D eigenvalue weighted by Crippen LogP contribution is 2.33. The maximum absolute atomic E-state index is 11.4. The van der Waals surface area contributed by atoms with Crippen LogP contribution in [-0.4, -0.2) is 19.6 Å². The number of anilines is 2. The van der Waals surface area contributed by atoms with Crippen LogP contribution >= 0.6 is 0 Å². The van der Waals surface area contributed by atoms with Crippen molar-refractivity contribution in [2.75, 3.05) is 24.3 Å². The molecular weight excluding hydrogens is 264 g/mol. The highest BCUT2D eigenvalue weighted by Gasteiger charge is 2.20. The number of hydrogen-bond donors (Lipinski definition) is 1. The fraction of sp³-hybridized carbons (Fsp3) is 0.235. The topological polar surface area (TPSA) is 55.6 Å². The smallest absolute Gasteiger partial charge is 0.337 e. The first kappa shape index (κ1) is 13.5. The molecule has 0 saturated heterocycles. The van der Waals surface area contributed by atoms with E-state index in [1.165, 1.54) is 18.4 Å². The van der Waals surface area contributed by atoms with Gasteiger partial charge in [-0.2, -0.15) is 0 Å². The molecule has 1 aliphatic heterocycles. The van der Waals surface area contributed by atoms with E-state index in [0.717, 1.165) is 30.8 Å². The Morgan fingerprint density at radius 1 is 1.24 bits per heavy atom. The molecule has 0 bridgehead atoms. The van der Waals surface area contributed by atoms with Crippen LogP contribution in [0.25, 0.3) is 0 Å². The molecule has 0 spiro atoms. The average molecular weight is 282 g/mol. The van der Waals surface area contributed by atoms with Gasteiger partial charge in [0.05, 0.1) is 12.7 Å². The molecular formula is C17H18N2O2. The normalized spacial score (nSPS) is 13.1. The molecule has 4 nitrogen and oxygen atoms in total. The van der Waals surface area contributed by atoms with E-state index in [1.54, 1.807) is 12.1 Å². The Kier molecular flexibility index (Phi) is 3.52. The second-order valence-electron chi connectivity index (χ2n) is 5.20. The molecule has 2 aromatic carbocycles. The summed E-state index contributed by atoms with van der Waals surface area (Å²) in [5.74, 6) is -0.305. The summed E-state index contributed by atoms with van der Waals surface area (Å²) in [4.78, 5) is 13.7. The van der Waals surface area contributed by atoms with Crippen molar-refractivity contribution in [2.24, 2.45) is 0 Å². The summed E-state index contributed by atoms with van der Waals surface area (Å²) in [6.07, 6.45) is 0.988. The highest BCUT2D eigenvalue weighted by molar-refractivity contribution is 5.89. The molecule has 0 unspecified atom stereocenters. The van der Waals surface area contributed by atoms with Gasteiger partial charge in [0.1, 0.15) is 0 Å². The second kappa shape index (κ2) is 5.48. The van der Waals surface area contributed by atoms with Gasteiger partial charge < -0.3 is 15.4 Å². The van der Waals surface area contributed by atoms with Gasteiger partial charge in [0, 0.05) is 30.0 Å². The largest absolute Gasteiger partial charge is 0.465 e. The van der Waals surface area contributed by atoms with Gasteiger partial charge in [0.15, 0.2) is 0 Å². The third-order valence-corrected chi connectivity index (χ3v) is 3.91. The van der Waals surface area contributed by atoms with E-state index in [-0.39, 0.29) is 5.97 Å². The number of nitrogen functional groups attached to an aromatic ring is 1. The summed E-state index contributed by atoms with van der Waals surface area (Å²) < 4.78 is 4.71. The molecule has 0 fully saturated rings. The van der Waals surface area contributed by atoms with Crippen LogP contribution in [0.2, 0.25) is 0 Å². The lowest BCUT2D eigenvalue weighted by Crippen LogP contribution is -2.19. The first-order valence-electron chi connectivity index (χ1n) is 6.98.